The van der Waals surface area contributed by atoms with Crippen LogP contribution in [0.2, 0.25) is 10.0 Å². The van der Waals surface area contributed by atoms with Crippen molar-refractivity contribution in [3.8, 4) is 17.2 Å². The third-order valence-corrected chi connectivity index (χ3v) is 16.4. The molecule has 3 aliphatic heterocycles. The highest BCUT2D eigenvalue weighted by molar-refractivity contribution is 7.10. The fourth-order valence-corrected chi connectivity index (χ4v) is 11.6. The van der Waals surface area contributed by atoms with Crippen LogP contribution in [-0.2, 0) is 0 Å². The molecule has 20 nitrogen and oxygen atoms in total. The number of rotatable bonds is 14. The Morgan fingerprint density at radius 2 is 1.08 bits per heavy atom. The van der Waals surface area contributed by atoms with E-state index in [0.717, 1.165) is 91.2 Å². The van der Waals surface area contributed by atoms with Gasteiger partial charge in [0.2, 0.25) is 5.95 Å². The van der Waals surface area contributed by atoms with E-state index in [1.54, 1.807) is 76.2 Å². The molecule has 6 atom stereocenters. The van der Waals surface area contributed by atoms with Crippen molar-refractivity contribution in [2.45, 2.75) is 62.1 Å². The van der Waals surface area contributed by atoms with Crippen molar-refractivity contribution >= 4 is 81.0 Å². The van der Waals surface area contributed by atoms with Gasteiger partial charge in [0.15, 0.2) is 0 Å². The largest absolute Gasteiger partial charge is 0.497 e. The van der Waals surface area contributed by atoms with Crippen molar-refractivity contribution in [1.29, 1.82) is 0 Å². The zero-order chi connectivity index (χ0) is 60.2. The second kappa shape index (κ2) is 30.9. The van der Waals surface area contributed by atoms with E-state index in [0.29, 0.717) is 34.0 Å². The van der Waals surface area contributed by atoms with Crippen LogP contribution in [0, 0.1) is 6.92 Å². The van der Waals surface area contributed by atoms with E-state index in [4.69, 9.17) is 37.4 Å². The van der Waals surface area contributed by atoms with Gasteiger partial charge in [-0.2, -0.15) is 4.37 Å². The summed E-state index contributed by atoms with van der Waals surface area (Å²) in [6.45, 7) is 6.72. The van der Waals surface area contributed by atoms with E-state index < -0.39 is 0 Å². The minimum atomic E-state index is -0.264. The summed E-state index contributed by atoms with van der Waals surface area (Å²) >= 11 is 13.0. The number of urea groups is 3. The first-order valence-corrected chi connectivity index (χ1v) is 29.8. The van der Waals surface area contributed by atoms with Gasteiger partial charge in [-0.15, -0.1) is 0 Å². The summed E-state index contributed by atoms with van der Waals surface area (Å²) in [5, 5.41) is 23.2. The Kier molecular flexibility index (Phi) is 22.2. The molecule has 23 heteroatoms. The van der Waals surface area contributed by atoms with Gasteiger partial charge in [-0.25, -0.2) is 29.3 Å². The zero-order valence-electron chi connectivity index (χ0n) is 48.2. The number of halogens is 2. The monoisotopic (exact) mass is 1220 g/mol. The number of hydrogen-bond donors (Lipinski definition) is 7. The zero-order valence-corrected chi connectivity index (χ0v) is 50.5. The topological polar surface area (TPSA) is 234 Å². The quantitative estimate of drug-likeness (QED) is 0.0537. The lowest BCUT2D eigenvalue weighted by molar-refractivity contribution is 0.241. The van der Waals surface area contributed by atoms with Gasteiger partial charge in [0.25, 0.3) is 0 Å². The van der Waals surface area contributed by atoms with Crippen molar-refractivity contribution < 1.29 is 28.6 Å². The Labute approximate surface area is 515 Å². The molecular weight excluding hydrogens is 1150 g/mol. The summed E-state index contributed by atoms with van der Waals surface area (Å²) in [4.78, 5) is 59.1. The Morgan fingerprint density at radius 1 is 0.570 bits per heavy atom. The fraction of sp³-hybridized carbons (Fsp3) is 0.302. The van der Waals surface area contributed by atoms with E-state index in [2.05, 4.69) is 83.5 Å². The molecule has 3 saturated heterocycles. The van der Waals surface area contributed by atoms with Crippen molar-refractivity contribution in [3.05, 3.63) is 197 Å². The van der Waals surface area contributed by atoms with Gasteiger partial charge in [-0.05, 0) is 158 Å². The number of anilines is 5. The molecule has 8 aromatic rings. The molecule has 0 radical (unpaired) electrons. The van der Waals surface area contributed by atoms with Crippen LogP contribution in [0.5, 0.6) is 17.2 Å². The number of benzene rings is 4. The molecule has 448 valence electrons. The molecule has 6 unspecified atom stereocenters. The average molecular weight is 1220 g/mol. The van der Waals surface area contributed by atoms with Gasteiger partial charge in [0, 0.05) is 116 Å². The first-order valence-electron chi connectivity index (χ1n) is 28.2. The molecule has 7 heterocycles. The molecule has 3 aliphatic rings. The molecule has 86 heavy (non-hydrogen) atoms. The van der Waals surface area contributed by atoms with Crippen molar-refractivity contribution in [3.63, 3.8) is 0 Å². The number of piperidine rings is 3. The van der Waals surface area contributed by atoms with Crippen LogP contribution in [0.25, 0.3) is 0 Å². The summed E-state index contributed by atoms with van der Waals surface area (Å²) < 4.78 is 20.0. The minimum absolute atomic E-state index is 0.0190. The fourth-order valence-electron chi connectivity index (χ4n) is 10.7. The number of ether oxygens (including phenoxy) is 3. The highest BCUT2D eigenvalue weighted by Crippen LogP contribution is 2.34. The lowest BCUT2D eigenvalue weighted by Crippen LogP contribution is -2.51. The van der Waals surface area contributed by atoms with E-state index in [1.807, 2.05) is 98.2 Å². The number of amides is 6. The molecule has 7 N–H and O–H groups in total. The number of carbonyl (C=O) groups is 3. The smallest absolute Gasteiger partial charge is 0.320 e. The van der Waals surface area contributed by atoms with Gasteiger partial charge in [-0.1, -0.05) is 59.6 Å². The Morgan fingerprint density at radius 3 is 1.62 bits per heavy atom. The van der Waals surface area contributed by atoms with Gasteiger partial charge in [-0.3, -0.25) is 15.6 Å². The predicted molar refractivity (Wildman–Crippen MR) is 340 cm³/mol. The van der Waals surface area contributed by atoms with Crippen LogP contribution in [0.4, 0.5) is 42.5 Å². The van der Waals surface area contributed by atoms with Gasteiger partial charge >= 0.3 is 18.1 Å². The number of hydrogen-bond acceptors (Lipinski definition) is 15. The normalized spacial score (nSPS) is 18.9. The molecule has 0 bridgehead atoms. The highest BCUT2D eigenvalue weighted by Gasteiger charge is 2.34. The van der Waals surface area contributed by atoms with Crippen molar-refractivity contribution in [1.82, 2.24) is 45.6 Å². The molecule has 11 rings (SSSR count). The number of aryl methyl sites for hydroxylation is 1. The van der Waals surface area contributed by atoms with Crippen LogP contribution in [0.1, 0.15) is 59.4 Å². The average Bonchev–Trinajstić information content (AvgIpc) is 3.31. The highest BCUT2D eigenvalue weighted by atomic mass is 35.5. The van der Waals surface area contributed by atoms with Crippen LogP contribution in [0.15, 0.2) is 164 Å². The maximum Gasteiger partial charge on any atom is 0.320 e. The molecule has 4 aromatic heterocycles. The molecule has 6 amide bonds. The van der Waals surface area contributed by atoms with E-state index in [-0.39, 0.29) is 54.0 Å². The van der Waals surface area contributed by atoms with E-state index in [9.17, 15) is 14.4 Å². The van der Waals surface area contributed by atoms with Crippen molar-refractivity contribution in [2.75, 3.05) is 86.3 Å². The van der Waals surface area contributed by atoms with Crippen LogP contribution >= 0.6 is 34.7 Å². The Bertz CT molecular complexity index is 3400. The third kappa shape index (κ3) is 17.7. The van der Waals surface area contributed by atoms with Crippen molar-refractivity contribution in [2.24, 2.45) is 0 Å². The number of nitrogens with one attached hydrogen (secondary N) is 7. The third-order valence-electron chi connectivity index (χ3n) is 15.1. The molecule has 3 fully saturated rings. The SMILES string of the molecule is COc1ccc(C2CN(c3ccncc3)CCC2NC(=O)Nc2cc(C)ns2)cc1.COc1ccc(C2CN(c3ncccn3)CCC2NC(=O)Nc2ccc(Cl)cc2)cc1.COc1ccc(C2CNCCC2NC(=O)Nc2ccc(Cl)cn2)cc1. The Hall–Kier alpha value is -8.76. The molecular formula is C63H70Cl2N14O6S. The summed E-state index contributed by atoms with van der Waals surface area (Å²) in [6, 6.07) is 41.5. The van der Waals surface area contributed by atoms with Crippen LogP contribution < -0.4 is 61.2 Å². The number of carbonyl (C=O) groups excluding carboxylic acids is 3. The maximum absolute atomic E-state index is 12.7. The minimum Gasteiger partial charge on any atom is -0.497 e. The van der Waals surface area contributed by atoms with Crippen LogP contribution in [0.3, 0.4) is 0 Å². The second-order valence-corrected chi connectivity index (χ2v) is 22.3. The van der Waals surface area contributed by atoms with Gasteiger partial charge in [0.05, 0.1) is 32.0 Å². The first-order chi connectivity index (χ1) is 41.9. The lowest BCUT2D eigenvalue weighted by atomic mass is 9.85. The summed E-state index contributed by atoms with van der Waals surface area (Å²) in [5.41, 5.74) is 6.20. The predicted octanol–water partition coefficient (Wildman–Crippen LogP) is 11.4. The summed E-state index contributed by atoms with van der Waals surface area (Å²) in [5.74, 6) is 4.02. The molecule has 4 aromatic carbocycles. The van der Waals surface area contributed by atoms with Crippen LogP contribution in [-0.4, -0.2) is 121 Å². The molecule has 0 saturated carbocycles. The summed E-state index contributed by atoms with van der Waals surface area (Å²) in [6.07, 6.45) is 11.1. The molecule has 0 aliphatic carbocycles. The number of pyridine rings is 2. The van der Waals surface area contributed by atoms with E-state index >= 15 is 0 Å². The maximum atomic E-state index is 12.7. The molecule has 0 spiro atoms. The first kappa shape index (κ1) is 61.8. The summed E-state index contributed by atoms with van der Waals surface area (Å²) in [7, 11) is 4.96. The lowest BCUT2D eigenvalue weighted by Gasteiger charge is -2.40. The number of nitrogens with zero attached hydrogens (tertiary/aromatic N) is 7. The standard InChI is InChI=1S/C23H24ClN5O2.C22H25N5O2S.C18H21ClN4O2/c1-31-19-9-3-16(4-10-19)20-15-29(22-25-12-2-13-26-22)14-11-21(20)28-23(30)27-18-7-5-17(24)6-8-18;1-15-13-21(30-26-15)25-22(28)24-20-9-12-27(17-7-10-23-11-8-17)14-19(20)16-3-5-18(29-2)6-4-16;1-25-14-5-2-12(3-6-14)15-11-20-9-8-16(15)22-18(24)23-17-7-4-13(19)10-21-17/h2-10,12-13,20-21H,11,14-15H2,1H3,(H2,27,28,30);3-8,10-11,13,19-20H,9,12,14H2,1-2H3,(H2,24,25,28);2-7,10,15-16,20H,8-9,11H2,1H3,(H2,21,22,23,24). The second-order valence-electron chi connectivity index (χ2n) is 20.7. The number of methoxy groups -OCH3 is 3. The van der Waals surface area contributed by atoms with Gasteiger partial charge in [0.1, 0.15) is 28.1 Å². The van der Waals surface area contributed by atoms with E-state index in [1.165, 1.54) is 28.9 Å². The Balaban J connectivity index is 0.000000155. The number of aromatic nitrogens is 5. The van der Waals surface area contributed by atoms with Gasteiger partial charge < -0.3 is 50.6 Å².